The SMILES string of the molecule is COc1cccc2c1CC(NC(=O)c1ccc(CN)o1)C2. The van der Waals surface area contributed by atoms with Crippen LogP contribution in [-0.4, -0.2) is 19.1 Å². The van der Waals surface area contributed by atoms with E-state index in [9.17, 15) is 4.79 Å². The zero-order valence-corrected chi connectivity index (χ0v) is 11.9. The predicted octanol–water partition coefficient (Wildman–Crippen LogP) is 1.64. The maximum Gasteiger partial charge on any atom is 0.287 e. The summed E-state index contributed by atoms with van der Waals surface area (Å²) in [5, 5.41) is 3.00. The minimum Gasteiger partial charge on any atom is -0.496 e. The summed E-state index contributed by atoms with van der Waals surface area (Å²) in [6, 6.07) is 9.44. The molecule has 21 heavy (non-hydrogen) atoms. The number of hydrogen-bond donors (Lipinski definition) is 2. The molecule has 3 rings (SSSR count). The smallest absolute Gasteiger partial charge is 0.287 e. The van der Waals surface area contributed by atoms with Gasteiger partial charge in [0.25, 0.3) is 5.91 Å². The van der Waals surface area contributed by atoms with Gasteiger partial charge in [0.2, 0.25) is 0 Å². The van der Waals surface area contributed by atoms with Crippen molar-refractivity contribution in [2.45, 2.75) is 25.4 Å². The molecule has 0 saturated carbocycles. The summed E-state index contributed by atoms with van der Waals surface area (Å²) in [5.74, 6) is 1.59. The van der Waals surface area contributed by atoms with E-state index in [4.69, 9.17) is 14.9 Å². The lowest BCUT2D eigenvalue weighted by Crippen LogP contribution is -2.35. The number of carbonyl (C=O) groups excluding carboxylic acids is 1. The third-order valence-electron chi connectivity index (χ3n) is 3.79. The monoisotopic (exact) mass is 286 g/mol. The van der Waals surface area contributed by atoms with E-state index in [1.54, 1.807) is 19.2 Å². The minimum absolute atomic E-state index is 0.0650. The van der Waals surface area contributed by atoms with E-state index in [-0.39, 0.29) is 11.9 Å². The van der Waals surface area contributed by atoms with Crippen LogP contribution in [0.1, 0.15) is 27.4 Å². The van der Waals surface area contributed by atoms with E-state index in [1.807, 2.05) is 12.1 Å². The number of amides is 1. The zero-order valence-electron chi connectivity index (χ0n) is 11.9. The zero-order chi connectivity index (χ0) is 14.8. The number of furan rings is 1. The highest BCUT2D eigenvalue weighted by molar-refractivity contribution is 5.91. The molecule has 2 aromatic rings. The van der Waals surface area contributed by atoms with E-state index < -0.39 is 0 Å². The van der Waals surface area contributed by atoms with Crippen molar-refractivity contribution in [3.05, 3.63) is 53.0 Å². The summed E-state index contributed by atoms with van der Waals surface area (Å²) in [7, 11) is 1.67. The molecule has 0 fully saturated rings. The Labute approximate surface area is 123 Å². The van der Waals surface area contributed by atoms with E-state index in [2.05, 4.69) is 11.4 Å². The number of carbonyl (C=O) groups is 1. The Morgan fingerprint density at radius 1 is 1.38 bits per heavy atom. The molecule has 1 unspecified atom stereocenters. The van der Waals surface area contributed by atoms with Crippen molar-refractivity contribution in [3.63, 3.8) is 0 Å². The molecule has 1 amide bonds. The highest BCUT2D eigenvalue weighted by Crippen LogP contribution is 2.30. The van der Waals surface area contributed by atoms with Crippen LogP contribution in [-0.2, 0) is 19.4 Å². The summed E-state index contributed by atoms with van der Waals surface area (Å²) in [4.78, 5) is 12.2. The standard InChI is InChI=1S/C16H18N2O3/c1-20-14-4-2-3-10-7-11(8-13(10)14)18-16(19)15-6-5-12(9-17)21-15/h2-6,11H,7-9,17H2,1H3,(H,18,19). The topological polar surface area (TPSA) is 77.5 Å². The number of hydrogen-bond acceptors (Lipinski definition) is 4. The Morgan fingerprint density at radius 2 is 2.24 bits per heavy atom. The van der Waals surface area contributed by atoms with Gasteiger partial charge in [-0.2, -0.15) is 0 Å². The highest BCUT2D eigenvalue weighted by atomic mass is 16.5. The molecule has 0 spiro atoms. The number of nitrogens with two attached hydrogens (primary N) is 1. The van der Waals surface area contributed by atoms with Gasteiger partial charge in [-0.3, -0.25) is 4.79 Å². The van der Waals surface area contributed by atoms with Crippen LogP contribution in [0.15, 0.2) is 34.7 Å². The normalized spacial score (nSPS) is 16.6. The number of nitrogens with one attached hydrogen (secondary N) is 1. The molecule has 5 nitrogen and oxygen atoms in total. The van der Waals surface area contributed by atoms with Gasteiger partial charge in [-0.15, -0.1) is 0 Å². The van der Waals surface area contributed by atoms with Crippen LogP contribution in [0.2, 0.25) is 0 Å². The molecule has 1 aliphatic carbocycles. The molecule has 0 radical (unpaired) electrons. The lowest BCUT2D eigenvalue weighted by Gasteiger charge is -2.10. The van der Waals surface area contributed by atoms with Crippen LogP contribution >= 0.6 is 0 Å². The van der Waals surface area contributed by atoms with Crippen molar-refractivity contribution < 1.29 is 13.9 Å². The first-order valence-electron chi connectivity index (χ1n) is 6.95. The molecule has 110 valence electrons. The van der Waals surface area contributed by atoms with Gasteiger partial charge in [-0.1, -0.05) is 12.1 Å². The Balaban J connectivity index is 1.69. The van der Waals surface area contributed by atoms with Gasteiger partial charge in [0.1, 0.15) is 11.5 Å². The van der Waals surface area contributed by atoms with Crippen molar-refractivity contribution in [2.24, 2.45) is 5.73 Å². The summed E-state index contributed by atoms with van der Waals surface area (Å²) >= 11 is 0. The van der Waals surface area contributed by atoms with E-state index >= 15 is 0 Å². The number of benzene rings is 1. The van der Waals surface area contributed by atoms with Crippen molar-refractivity contribution in [2.75, 3.05) is 7.11 Å². The Morgan fingerprint density at radius 3 is 2.95 bits per heavy atom. The highest BCUT2D eigenvalue weighted by Gasteiger charge is 2.26. The first kappa shape index (κ1) is 13.7. The quantitative estimate of drug-likeness (QED) is 0.895. The lowest BCUT2D eigenvalue weighted by molar-refractivity contribution is 0.0908. The van der Waals surface area contributed by atoms with Crippen LogP contribution in [0.25, 0.3) is 0 Å². The van der Waals surface area contributed by atoms with Crippen LogP contribution in [0.3, 0.4) is 0 Å². The Hall–Kier alpha value is -2.27. The van der Waals surface area contributed by atoms with Crippen molar-refractivity contribution >= 4 is 5.91 Å². The second-order valence-electron chi connectivity index (χ2n) is 5.15. The maximum atomic E-state index is 12.2. The summed E-state index contributed by atoms with van der Waals surface area (Å²) < 4.78 is 10.7. The molecule has 3 N–H and O–H groups in total. The van der Waals surface area contributed by atoms with Gasteiger partial charge in [0.15, 0.2) is 5.76 Å². The van der Waals surface area contributed by atoms with E-state index in [0.29, 0.717) is 18.1 Å². The fourth-order valence-electron chi connectivity index (χ4n) is 2.78. The van der Waals surface area contributed by atoms with Gasteiger partial charge < -0.3 is 20.2 Å². The number of fused-ring (bicyclic) bond motifs is 1. The molecule has 1 aromatic carbocycles. The van der Waals surface area contributed by atoms with Crippen LogP contribution in [0.4, 0.5) is 0 Å². The molecule has 0 bridgehead atoms. The van der Waals surface area contributed by atoms with Crippen LogP contribution < -0.4 is 15.8 Å². The molecular formula is C16H18N2O3. The molecule has 1 aliphatic rings. The number of methoxy groups -OCH3 is 1. The molecule has 5 heteroatoms. The largest absolute Gasteiger partial charge is 0.496 e. The maximum absolute atomic E-state index is 12.2. The fraction of sp³-hybridized carbons (Fsp3) is 0.312. The Bertz CT molecular complexity index is 663. The van der Waals surface area contributed by atoms with Gasteiger partial charge in [0, 0.05) is 6.04 Å². The molecule has 1 heterocycles. The van der Waals surface area contributed by atoms with Crippen molar-refractivity contribution in [3.8, 4) is 5.75 Å². The molecule has 1 atom stereocenters. The first-order valence-corrected chi connectivity index (χ1v) is 6.95. The first-order chi connectivity index (χ1) is 10.2. The van der Waals surface area contributed by atoms with E-state index in [0.717, 1.165) is 18.6 Å². The van der Waals surface area contributed by atoms with Gasteiger partial charge in [-0.25, -0.2) is 0 Å². The van der Waals surface area contributed by atoms with Gasteiger partial charge in [-0.05, 0) is 42.2 Å². The number of rotatable bonds is 4. The number of ether oxygens (including phenoxy) is 1. The van der Waals surface area contributed by atoms with Crippen LogP contribution in [0, 0.1) is 0 Å². The lowest BCUT2D eigenvalue weighted by atomic mass is 10.1. The summed E-state index contributed by atoms with van der Waals surface area (Å²) in [6.07, 6.45) is 1.58. The average Bonchev–Trinajstić information content (AvgIpc) is 3.12. The molecule has 1 aromatic heterocycles. The minimum atomic E-state index is -0.202. The van der Waals surface area contributed by atoms with Gasteiger partial charge in [0.05, 0.1) is 13.7 Å². The fourth-order valence-corrected chi connectivity index (χ4v) is 2.78. The van der Waals surface area contributed by atoms with Crippen molar-refractivity contribution in [1.29, 1.82) is 0 Å². The second-order valence-corrected chi connectivity index (χ2v) is 5.15. The molecular weight excluding hydrogens is 268 g/mol. The average molecular weight is 286 g/mol. The third kappa shape index (κ3) is 2.64. The molecule has 0 aliphatic heterocycles. The third-order valence-corrected chi connectivity index (χ3v) is 3.79. The van der Waals surface area contributed by atoms with Gasteiger partial charge >= 0.3 is 0 Å². The predicted molar refractivity (Wildman–Crippen MR) is 78.3 cm³/mol. The summed E-state index contributed by atoms with van der Waals surface area (Å²) in [6.45, 7) is 0.291. The van der Waals surface area contributed by atoms with Crippen LogP contribution in [0.5, 0.6) is 5.75 Å². The Kier molecular flexibility index (Phi) is 3.66. The van der Waals surface area contributed by atoms with E-state index in [1.165, 1.54) is 11.1 Å². The second kappa shape index (κ2) is 5.61. The van der Waals surface area contributed by atoms with Crippen molar-refractivity contribution in [1.82, 2.24) is 5.32 Å². The molecule has 0 saturated heterocycles. The summed E-state index contributed by atoms with van der Waals surface area (Å²) in [5.41, 5.74) is 7.87.